The lowest BCUT2D eigenvalue weighted by atomic mass is 10.1. The molecule has 1 aromatic carbocycles. The highest BCUT2D eigenvalue weighted by Gasteiger charge is 2.43. The standard InChI is InChI=1S/C16H21NO6S/c1-24(20,21)23-9-5-8-15(18)13-10-14(13)17-16(19)22-11-12-6-3-2-4-7-12/h2-4,6-7,13-14H,5,8-11H2,1H3,(H,17,19)/t13-,14+/m1/s1. The van der Waals surface area contributed by atoms with E-state index in [2.05, 4.69) is 9.50 Å². The van der Waals surface area contributed by atoms with Gasteiger partial charge in [0.05, 0.1) is 12.9 Å². The van der Waals surface area contributed by atoms with Crippen molar-refractivity contribution in [3.63, 3.8) is 0 Å². The zero-order valence-electron chi connectivity index (χ0n) is 13.4. The largest absolute Gasteiger partial charge is 0.445 e. The number of alkyl carbamates (subject to hydrolysis) is 1. The van der Waals surface area contributed by atoms with Crippen LogP contribution in [0.15, 0.2) is 30.3 Å². The van der Waals surface area contributed by atoms with E-state index in [0.717, 1.165) is 11.8 Å². The minimum absolute atomic E-state index is 0.000426. The Labute approximate surface area is 141 Å². The van der Waals surface area contributed by atoms with Crippen molar-refractivity contribution in [2.75, 3.05) is 12.9 Å². The Morgan fingerprint density at radius 2 is 1.96 bits per heavy atom. The highest BCUT2D eigenvalue weighted by molar-refractivity contribution is 7.85. The number of rotatable bonds is 9. The quantitative estimate of drug-likeness (QED) is 0.534. The molecule has 0 heterocycles. The van der Waals surface area contributed by atoms with Crippen LogP contribution in [0.3, 0.4) is 0 Å². The molecule has 2 rings (SSSR count). The molecule has 1 saturated carbocycles. The zero-order valence-corrected chi connectivity index (χ0v) is 14.3. The molecule has 1 aliphatic carbocycles. The Morgan fingerprint density at radius 3 is 2.62 bits per heavy atom. The van der Waals surface area contributed by atoms with Crippen molar-refractivity contribution >= 4 is 22.0 Å². The summed E-state index contributed by atoms with van der Waals surface area (Å²) in [6, 6.07) is 9.12. The highest BCUT2D eigenvalue weighted by Crippen LogP contribution is 2.32. The van der Waals surface area contributed by atoms with E-state index in [9.17, 15) is 18.0 Å². The van der Waals surface area contributed by atoms with Gasteiger partial charge in [0.25, 0.3) is 10.1 Å². The number of ether oxygens (including phenoxy) is 1. The Balaban J connectivity index is 1.60. The van der Waals surface area contributed by atoms with Crippen LogP contribution < -0.4 is 5.32 Å². The predicted molar refractivity (Wildman–Crippen MR) is 86.7 cm³/mol. The molecule has 0 aliphatic heterocycles. The van der Waals surface area contributed by atoms with Gasteiger partial charge in [0.2, 0.25) is 0 Å². The normalized spacial score (nSPS) is 19.5. The Morgan fingerprint density at radius 1 is 1.25 bits per heavy atom. The fourth-order valence-corrected chi connectivity index (χ4v) is 2.69. The second-order valence-corrected chi connectivity index (χ2v) is 7.39. The van der Waals surface area contributed by atoms with Gasteiger partial charge in [-0.05, 0) is 18.4 Å². The first kappa shape index (κ1) is 18.4. The second kappa shape index (κ2) is 8.25. The van der Waals surface area contributed by atoms with E-state index in [1.54, 1.807) is 0 Å². The molecule has 0 aromatic heterocycles. The van der Waals surface area contributed by atoms with E-state index in [1.807, 2.05) is 30.3 Å². The number of Topliss-reactive ketones (excluding diaryl/α,β-unsaturated/α-hetero) is 1. The lowest BCUT2D eigenvalue weighted by molar-refractivity contribution is -0.120. The van der Waals surface area contributed by atoms with Crippen LogP contribution in [0.4, 0.5) is 4.79 Å². The van der Waals surface area contributed by atoms with E-state index in [0.29, 0.717) is 12.8 Å². The molecular formula is C16H21NO6S. The molecule has 132 valence electrons. The predicted octanol–water partition coefficient (Wildman–Crippen LogP) is 1.63. The van der Waals surface area contributed by atoms with Gasteiger partial charge >= 0.3 is 6.09 Å². The SMILES string of the molecule is CS(=O)(=O)OCCCC(=O)[C@@H]1C[C@@H]1NC(=O)OCc1ccccc1. The third-order valence-electron chi connectivity index (χ3n) is 3.58. The summed E-state index contributed by atoms with van der Waals surface area (Å²) < 4.78 is 31.3. The molecule has 1 aromatic rings. The third kappa shape index (κ3) is 6.67. The number of hydrogen-bond donors (Lipinski definition) is 1. The smallest absolute Gasteiger partial charge is 0.407 e. The molecule has 1 fully saturated rings. The molecular weight excluding hydrogens is 334 g/mol. The third-order valence-corrected chi connectivity index (χ3v) is 4.18. The van der Waals surface area contributed by atoms with Gasteiger partial charge in [0, 0.05) is 18.4 Å². The number of ketones is 1. The van der Waals surface area contributed by atoms with Crippen molar-refractivity contribution in [1.29, 1.82) is 0 Å². The maximum atomic E-state index is 11.9. The summed E-state index contributed by atoms with van der Waals surface area (Å²) in [6.07, 6.45) is 1.59. The van der Waals surface area contributed by atoms with Crippen molar-refractivity contribution in [1.82, 2.24) is 5.32 Å². The minimum atomic E-state index is -3.47. The molecule has 8 heteroatoms. The molecule has 1 amide bonds. The van der Waals surface area contributed by atoms with Gasteiger partial charge in [0.15, 0.2) is 0 Å². The van der Waals surface area contributed by atoms with Gasteiger partial charge in [-0.15, -0.1) is 0 Å². The molecule has 1 N–H and O–H groups in total. The molecule has 0 radical (unpaired) electrons. The molecule has 2 atom stereocenters. The first-order chi connectivity index (χ1) is 11.3. The van der Waals surface area contributed by atoms with Crippen LogP contribution in [0, 0.1) is 5.92 Å². The fraction of sp³-hybridized carbons (Fsp3) is 0.500. The van der Waals surface area contributed by atoms with Gasteiger partial charge in [-0.3, -0.25) is 8.98 Å². The van der Waals surface area contributed by atoms with Crippen LogP contribution in [-0.2, 0) is 30.4 Å². The summed E-state index contributed by atoms with van der Waals surface area (Å²) in [5, 5.41) is 2.66. The van der Waals surface area contributed by atoms with Gasteiger partial charge in [-0.25, -0.2) is 4.79 Å². The van der Waals surface area contributed by atoms with E-state index in [1.165, 1.54) is 0 Å². The highest BCUT2D eigenvalue weighted by atomic mass is 32.2. The van der Waals surface area contributed by atoms with Crippen molar-refractivity contribution in [3.05, 3.63) is 35.9 Å². The molecule has 7 nitrogen and oxygen atoms in total. The molecule has 0 saturated heterocycles. The maximum absolute atomic E-state index is 11.9. The molecule has 24 heavy (non-hydrogen) atoms. The number of benzene rings is 1. The second-order valence-electron chi connectivity index (χ2n) is 5.75. The van der Waals surface area contributed by atoms with Crippen molar-refractivity contribution < 1.29 is 26.9 Å². The summed E-state index contributed by atoms with van der Waals surface area (Å²) in [7, 11) is -3.47. The topological polar surface area (TPSA) is 98.8 Å². The molecule has 0 spiro atoms. The van der Waals surface area contributed by atoms with Gasteiger partial charge in [0.1, 0.15) is 12.4 Å². The van der Waals surface area contributed by atoms with E-state index in [4.69, 9.17) is 4.74 Å². The number of hydrogen-bond acceptors (Lipinski definition) is 6. The maximum Gasteiger partial charge on any atom is 0.407 e. The van der Waals surface area contributed by atoms with E-state index < -0.39 is 16.2 Å². The molecule has 1 aliphatic rings. The molecule has 0 unspecified atom stereocenters. The van der Waals surface area contributed by atoms with Gasteiger partial charge in [-0.2, -0.15) is 8.42 Å². The Bertz CT molecular complexity index is 673. The Kier molecular flexibility index (Phi) is 6.33. The summed E-state index contributed by atoms with van der Waals surface area (Å²) >= 11 is 0. The van der Waals surface area contributed by atoms with Gasteiger partial charge < -0.3 is 10.1 Å². The number of nitrogens with one attached hydrogen (secondary N) is 1. The minimum Gasteiger partial charge on any atom is -0.445 e. The number of carbonyl (C=O) groups excluding carboxylic acids is 2. The Hall–Kier alpha value is -1.93. The lowest BCUT2D eigenvalue weighted by Crippen LogP contribution is -2.28. The van der Waals surface area contributed by atoms with Crippen LogP contribution in [-0.4, -0.2) is 39.2 Å². The monoisotopic (exact) mass is 355 g/mol. The summed E-state index contributed by atoms with van der Waals surface area (Å²) in [4.78, 5) is 23.6. The first-order valence-corrected chi connectivity index (χ1v) is 9.51. The summed E-state index contributed by atoms with van der Waals surface area (Å²) in [6.45, 7) is 0.176. The van der Waals surface area contributed by atoms with Gasteiger partial charge in [-0.1, -0.05) is 30.3 Å². The number of amides is 1. The average molecular weight is 355 g/mol. The van der Waals surface area contributed by atoms with Crippen LogP contribution in [0.25, 0.3) is 0 Å². The van der Waals surface area contributed by atoms with Crippen molar-refractivity contribution in [3.8, 4) is 0 Å². The van der Waals surface area contributed by atoms with Crippen LogP contribution >= 0.6 is 0 Å². The van der Waals surface area contributed by atoms with Crippen LogP contribution in [0.1, 0.15) is 24.8 Å². The number of carbonyl (C=O) groups is 2. The summed E-state index contributed by atoms with van der Waals surface area (Å²) in [5.74, 6) is -0.215. The van der Waals surface area contributed by atoms with E-state index in [-0.39, 0.29) is 37.4 Å². The summed E-state index contributed by atoms with van der Waals surface area (Å²) in [5.41, 5.74) is 0.891. The van der Waals surface area contributed by atoms with Crippen molar-refractivity contribution in [2.24, 2.45) is 5.92 Å². The average Bonchev–Trinajstić information content (AvgIpc) is 3.29. The first-order valence-electron chi connectivity index (χ1n) is 7.69. The fourth-order valence-electron chi connectivity index (χ4n) is 2.27. The molecule has 0 bridgehead atoms. The van der Waals surface area contributed by atoms with Crippen molar-refractivity contribution in [2.45, 2.75) is 31.9 Å². The van der Waals surface area contributed by atoms with Crippen LogP contribution in [0.5, 0.6) is 0 Å². The van der Waals surface area contributed by atoms with E-state index >= 15 is 0 Å². The van der Waals surface area contributed by atoms with Crippen LogP contribution in [0.2, 0.25) is 0 Å². The zero-order chi connectivity index (χ0) is 17.6. The lowest BCUT2D eigenvalue weighted by Gasteiger charge is -2.06.